The van der Waals surface area contributed by atoms with Crippen molar-refractivity contribution in [3.63, 3.8) is 0 Å². The molecule has 84 valence electrons. The van der Waals surface area contributed by atoms with Crippen LogP contribution in [0.25, 0.3) is 0 Å². The molecular formula is C12H25NO. The first-order valence-electron chi connectivity index (χ1n) is 6.19. The Morgan fingerprint density at radius 3 is 2.86 bits per heavy atom. The molecule has 1 N–H and O–H groups in total. The molecule has 0 aromatic heterocycles. The van der Waals surface area contributed by atoms with E-state index in [1.54, 1.807) is 0 Å². The van der Waals surface area contributed by atoms with E-state index in [2.05, 4.69) is 19.2 Å². The minimum atomic E-state index is 0.560. The molecule has 0 amide bonds. The molecule has 0 spiro atoms. The summed E-state index contributed by atoms with van der Waals surface area (Å²) in [4.78, 5) is 0. The largest absolute Gasteiger partial charge is 0.378 e. The van der Waals surface area contributed by atoms with Crippen LogP contribution in [0, 0.1) is 5.92 Å². The zero-order chi connectivity index (χ0) is 10.2. The van der Waals surface area contributed by atoms with Crippen molar-refractivity contribution in [3.05, 3.63) is 0 Å². The van der Waals surface area contributed by atoms with Crippen molar-refractivity contribution in [2.75, 3.05) is 19.7 Å². The van der Waals surface area contributed by atoms with E-state index in [9.17, 15) is 0 Å². The molecule has 2 atom stereocenters. The maximum Gasteiger partial charge on any atom is 0.0579 e. The fraction of sp³-hybridized carbons (Fsp3) is 1.00. The molecule has 0 aromatic rings. The van der Waals surface area contributed by atoms with Crippen molar-refractivity contribution in [3.8, 4) is 0 Å². The van der Waals surface area contributed by atoms with E-state index in [1.807, 2.05) is 0 Å². The smallest absolute Gasteiger partial charge is 0.0579 e. The molecule has 1 saturated heterocycles. The van der Waals surface area contributed by atoms with Crippen LogP contribution in [-0.2, 0) is 4.74 Å². The highest BCUT2D eigenvalue weighted by Gasteiger charge is 2.19. The van der Waals surface area contributed by atoms with Gasteiger partial charge in [0.05, 0.1) is 6.10 Å². The Bertz CT molecular complexity index is 132. The zero-order valence-corrected chi connectivity index (χ0v) is 9.72. The molecule has 1 fully saturated rings. The standard InChI is InChI=1S/C12H25NO/c1-3-6-11(10-13-4-2)9-12-7-5-8-14-12/h11-13H,3-10H2,1-2H3. The number of hydrogen-bond donors (Lipinski definition) is 1. The lowest BCUT2D eigenvalue weighted by Crippen LogP contribution is -2.25. The second-order valence-electron chi connectivity index (χ2n) is 4.33. The lowest BCUT2D eigenvalue weighted by Gasteiger charge is -2.19. The lowest BCUT2D eigenvalue weighted by atomic mass is 9.95. The molecule has 2 heteroatoms. The molecule has 1 aliphatic heterocycles. The molecule has 0 aliphatic carbocycles. The summed E-state index contributed by atoms with van der Waals surface area (Å²) in [6.45, 7) is 7.70. The molecular weight excluding hydrogens is 174 g/mol. The highest BCUT2D eigenvalue weighted by molar-refractivity contribution is 4.71. The molecule has 0 saturated carbocycles. The van der Waals surface area contributed by atoms with Gasteiger partial charge in [-0.15, -0.1) is 0 Å². The average molecular weight is 199 g/mol. The van der Waals surface area contributed by atoms with Crippen LogP contribution in [0.5, 0.6) is 0 Å². The molecule has 14 heavy (non-hydrogen) atoms. The van der Waals surface area contributed by atoms with Gasteiger partial charge >= 0.3 is 0 Å². The van der Waals surface area contributed by atoms with Crippen LogP contribution in [0.3, 0.4) is 0 Å². The molecule has 0 bridgehead atoms. The summed E-state index contributed by atoms with van der Waals surface area (Å²) in [6, 6.07) is 0. The Balaban J connectivity index is 2.18. The first-order chi connectivity index (χ1) is 6.86. The van der Waals surface area contributed by atoms with Gasteiger partial charge in [0.1, 0.15) is 0 Å². The van der Waals surface area contributed by atoms with Crippen LogP contribution < -0.4 is 5.32 Å². The Morgan fingerprint density at radius 2 is 2.29 bits per heavy atom. The third-order valence-corrected chi connectivity index (χ3v) is 3.00. The van der Waals surface area contributed by atoms with Gasteiger partial charge in [-0.3, -0.25) is 0 Å². The van der Waals surface area contributed by atoms with Crippen molar-refractivity contribution < 1.29 is 4.74 Å². The van der Waals surface area contributed by atoms with E-state index in [1.165, 1.54) is 38.6 Å². The van der Waals surface area contributed by atoms with Crippen LogP contribution in [0.2, 0.25) is 0 Å². The van der Waals surface area contributed by atoms with E-state index in [0.29, 0.717) is 6.10 Å². The number of nitrogens with one attached hydrogen (secondary N) is 1. The Labute approximate surface area is 88.4 Å². The second-order valence-corrected chi connectivity index (χ2v) is 4.33. The van der Waals surface area contributed by atoms with E-state index in [4.69, 9.17) is 4.74 Å². The van der Waals surface area contributed by atoms with Gasteiger partial charge in [0, 0.05) is 6.61 Å². The van der Waals surface area contributed by atoms with Gasteiger partial charge in [-0.2, -0.15) is 0 Å². The molecule has 1 heterocycles. The Hall–Kier alpha value is -0.0800. The monoisotopic (exact) mass is 199 g/mol. The van der Waals surface area contributed by atoms with E-state index in [-0.39, 0.29) is 0 Å². The Morgan fingerprint density at radius 1 is 1.43 bits per heavy atom. The fourth-order valence-electron chi connectivity index (χ4n) is 2.26. The van der Waals surface area contributed by atoms with Gasteiger partial charge in [-0.25, -0.2) is 0 Å². The van der Waals surface area contributed by atoms with Gasteiger partial charge in [0.2, 0.25) is 0 Å². The van der Waals surface area contributed by atoms with Crippen LogP contribution in [-0.4, -0.2) is 25.8 Å². The van der Waals surface area contributed by atoms with Gasteiger partial charge in [0.15, 0.2) is 0 Å². The highest BCUT2D eigenvalue weighted by atomic mass is 16.5. The van der Waals surface area contributed by atoms with E-state index in [0.717, 1.165) is 19.1 Å². The lowest BCUT2D eigenvalue weighted by molar-refractivity contribution is 0.0879. The van der Waals surface area contributed by atoms with Crippen molar-refractivity contribution in [2.24, 2.45) is 5.92 Å². The third-order valence-electron chi connectivity index (χ3n) is 3.00. The molecule has 2 unspecified atom stereocenters. The topological polar surface area (TPSA) is 21.3 Å². The zero-order valence-electron chi connectivity index (χ0n) is 9.72. The maximum atomic E-state index is 5.68. The number of hydrogen-bond acceptors (Lipinski definition) is 2. The summed E-state index contributed by atoms with van der Waals surface area (Å²) in [5.74, 6) is 0.822. The molecule has 1 aliphatic rings. The minimum absolute atomic E-state index is 0.560. The van der Waals surface area contributed by atoms with Crippen molar-refractivity contribution >= 4 is 0 Å². The van der Waals surface area contributed by atoms with Crippen LogP contribution in [0.4, 0.5) is 0 Å². The molecule has 2 nitrogen and oxygen atoms in total. The van der Waals surface area contributed by atoms with Crippen molar-refractivity contribution in [1.82, 2.24) is 5.32 Å². The van der Waals surface area contributed by atoms with E-state index < -0.39 is 0 Å². The summed E-state index contributed by atoms with van der Waals surface area (Å²) < 4.78 is 5.68. The average Bonchev–Trinajstić information content (AvgIpc) is 2.67. The molecule has 1 rings (SSSR count). The predicted molar refractivity (Wildman–Crippen MR) is 60.5 cm³/mol. The summed E-state index contributed by atoms with van der Waals surface area (Å²) in [5.41, 5.74) is 0. The van der Waals surface area contributed by atoms with Crippen LogP contribution >= 0.6 is 0 Å². The molecule has 0 radical (unpaired) electrons. The van der Waals surface area contributed by atoms with Gasteiger partial charge < -0.3 is 10.1 Å². The highest BCUT2D eigenvalue weighted by Crippen LogP contribution is 2.22. The van der Waals surface area contributed by atoms with E-state index >= 15 is 0 Å². The summed E-state index contributed by atoms with van der Waals surface area (Å²) in [5, 5.41) is 3.45. The SMILES string of the molecule is CCCC(CNCC)CC1CCCO1. The van der Waals surface area contributed by atoms with Gasteiger partial charge in [-0.05, 0) is 44.7 Å². The summed E-state index contributed by atoms with van der Waals surface area (Å²) in [6.07, 6.45) is 7.01. The predicted octanol–water partition coefficient (Wildman–Crippen LogP) is 2.58. The van der Waals surface area contributed by atoms with Crippen LogP contribution in [0.1, 0.15) is 46.0 Å². The second kappa shape index (κ2) is 7.24. The maximum absolute atomic E-state index is 5.68. The van der Waals surface area contributed by atoms with Crippen molar-refractivity contribution in [2.45, 2.75) is 52.1 Å². The normalized spacial score (nSPS) is 24.0. The minimum Gasteiger partial charge on any atom is -0.378 e. The van der Waals surface area contributed by atoms with Gasteiger partial charge in [-0.1, -0.05) is 20.3 Å². The van der Waals surface area contributed by atoms with Crippen molar-refractivity contribution in [1.29, 1.82) is 0 Å². The fourth-order valence-corrected chi connectivity index (χ4v) is 2.26. The molecule has 0 aromatic carbocycles. The quantitative estimate of drug-likeness (QED) is 0.680. The third kappa shape index (κ3) is 4.43. The first kappa shape index (κ1) is 12.0. The number of ether oxygens (including phenoxy) is 1. The summed E-state index contributed by atoms with van der Waals surface area (Å²) in [7, 11) is 0. The van der Waals surface area contributed by atoms with Gasteiger partial charge in [0.25, 0.3) is 0 Å². The van der Waals surface area contributed by atoms with Crippen LogP contribution in [0.15, 0.2) is 0 Å². The number of rotatable bonds is 7. The first-order valence-corrected chi connectivity index (χ1v) is 6.19. The summed E-state index contributed by atoms with van der Waals surface area (Å²) >= 11 is 0. The Kier molecular flexibility index (Phi) is 6.20.